The van der Waals surface area contributed by atoms with Gasteiger partial charge in [-0.05, 0) is 43.5 Å². The molecule has 4 nitrogen and oxygen atoms in total. The van der Waals surface area contributed by atoms with E-state index < -0.39 is 0 Å². The molecule has 0 atom stereocenters. The van der Waals surface area contributed by atoms with E-state index in [1.807, 2.05) is 37.3 Å². The van der Waals surface area contributed by atoms with Gasteiger partial charge in [0.2, 0.25) is 0 Å². The maximum atomic E-state index is 12.4. The zero-order valence-corrected chi connectivity index (χ0v) is 15.6. The van der Waals surface area contributed by atoms with Crippen molar-refractivity contribution in [3.63, 3.8) is 0 Å². The summed E-state index contributed by atoms with van der Waals surface area (Å²) in [6, 6.07) is 7.56. The van der Waals surface area contributed by atoms with E-state index in [1.165, 1.54) is 11.3 Å². The van der Waals surface area contributed by atoms with Crippen molar-refractivity contribution in [3.05, 3.63) is 45.4 Å². The lowest BCUT2D eigenvalue weighted by Crippen LogP contribution is -2.07. The maximum Gasteiger partial charge on any atom is 0.341 e. The van der Waals surface area contributed by atoms with Crippen molar-refractivity contribution in [1.29, 1.82) is 0 Å². The molecule has 0 N–H and O–H groups in total. The molecule has 0 aliphatic carbocycles. The number of thiazole rings is 1. The average Bonchev–Trinajstić information content (AvgIpc) is 2.94. The van der Waals surface area contributed by atoms with Crippen molar-refractivity contribution in [2.75, 3.05) is 13.7 Å². The molecule has 1 aromatic heterocycles. The van der Waals surface area contributed by atoms with Crippen LogP contribution >= 0.6 is 11.3 Å². The minimum absolute atomic E-state index is 0.315. The van der Waals surface area contributed by atoms with E-state index in [9.17, 15) is 4.79 Å². The van der Waals surface area contributed by atoms with E-state index >= 15 is 0 Å². The number of esters is 1. The number of ether oxygens (including phenoxy) is 2. The van der Waals surface area contributed by atoms with E-state index in [0.29, 0.717) is 23.1 Å². The second-order valence-electron chi connectivity index (χ2n) is 5.67. The predicted molar refractivity (Wildman–Crippen MR) is 98.4 cm³/mol. The molecule has 0 saturated carbocycles. The first-order valence-electron chi connectivity index (χ1n) is 7.96. The Hall–Kier alpha value is -2.14. The first kappa shape index (κ1) is 18.2. The third kappa shape index (κ3) is 4.23. The van der Waals surface area contributed by atoms with E-state index in [2.05, 4.69) is 18.8 Å². The van der Waals surface area contributed by atoms with Crippen LogP contribution < -0.4 is 4.74 Å². The summed E-state index contributed by atoms with van der Waals surface area (Å²) in [4.78, 5) is 18.2. The molecule has 128 valence electrons. The quantitative estimate of drug-likeness (QED) is 0.563. The number of carbonyl (C=O) groups excluding carboxylic acids is 1. The largest absolute Gasteiger partial charge is 0.497 e. The Labute approximate surface area is 147 Å². The van der Waals surface area contributed by atoms with Crippen molar-refractivity contribution in [2.45, 2.75) is 33.6 Å². The SMILES string of the molecule is CCOC(=O)/C(=C\c1cccc(OC)c1)c1nc(C(C)C)c(C)s1. The van der Waals surface area contributed by atoms with E-state index in [0.717, 1.165) is 21.9 Å². The van der Waals surface area contributed by atoms with Gasteiger partial charge in [0.1, 0.15) is 10.8 Å². The number of carbonyl (C=O) groups is 1. The highest BCUT2D eigenvalue weighted by Gasteiger charge is 2.20. The van der Waals surface area contributed by atoms with Gasteiger partial charge < -0.3 is 9.47 Å². The molecule has 5 heteroatoms. The average molecular weight is 345 g/mol. The van der Waals surface area contributed by atoms with E-state index in [-0.39, 0.29) is 5.97 Å². The Balaban J connectivity index is 2.50. The van der Waals surface area contributed by atoms with Crippen LogP contribution in [0.2, 0.25) is 0 Å². The number of benzene rings is 1. The zero-order chi connectivity index (χ0) is 17.7. The van der Waals surface area contributed by atoms with Crippen LogP contribution in [0.3, 0.4) is 0 Å². The molecule has 24 heavy (non-hydrogen) atoms. The van der Waals surface area contributed by atoms with Crippen molar-refractivity contribution >= 4 is 29.0 Å². The Bertz CT molecular complexity index is 747. The van der Waals surface area contributed by atoms with Crippen LogP contribution in [-0.2, 0) is 9.53 Å². The molecule has 1 heterocycles. The monoisotopic (exact) mass is 345 g/mol. The molecule has 2 aromatic rings. The number of aryl methyl sites for hydroxylation is 1. The lowest BCUT2D eigenvalue weighted by Gasteiger charge is -2.06. The van der Waals surface area contributed by atoms with E-state index in [4.69, 9.17) is 9.47 Å². The number of aromatic nitrogens is 1. The molecular weight excluding hydrogens is 322 g/mol. The van der Waals surface area contributed by atoms with Crippen LogP contribution in [-0.4, -0.2) is 24.7 Å². The summed E-state index contributed by atoms with van der Waals surface area (Å²) < 4.78 is 10.5. The second-order valence-corrected chi connectivity index (χ2v) is 6.87. The molecule has 0 saturated heterocycles. The smallest absolute Gasteiger partial charge is 0.341 e. The number of methoxy groups -OCH3 is 1. The van der Waals surface area contributed by atoms with Gasteiger partial charge >= 0.3 is 5.97 Å². The highest BCUT2D eigenvalue weighted by atomic mass is 32.1. The first-order chi connectivity index (χ1) is 11.5. The first-order valence-corrected chi connectivity index (χ1v) is 8.78. The molecule has 0 aliphatic rings. The zero-order valence-electron chi connectivity index (χ0n) is 14.8. The van der Waals surface area contributed by atoms with Gasteiger partial charge in [0.15, 0.2) is 0 Å². The molecule has 0 unspecified atom stereocenters. The molecule has 0 radical (unpaired) electrons. The Morgan fingerprint density at radius 1 is 1.38 bits per heavy atom. The summed E-state index contributed by atoms with van der Waals surface area (Å²) in [7, 11) is 1.62. The van der Waals surface area contributed by atoms with Crippen LogP contribution in [0.15, 0.2) is 24.3 Å². The molecule has 2 rings (SSSR count). The van der Waals surface area contributed by atoms with Crippen molar-refractivity contribution < 1.29 is 14.3 Å². The standard InChI is InChI=1S/C19H23NO3S/c1-6-23-19(21)16(11-14-8-7-9-15(10-14)22-5)18-20-17(12(2)3)13(4)24-18/h7-12H,6H2,1-5H3/b16-11-. The fraction of sp³-hybridized carbons (Fsp3) is 0.368. The summed E-state index contributed by atoms with van der Waals surface area (Å²) in [5.74, 6) is 0.699. The van der Waals surface area contributed by atoms with Gasteiger partial charge in [0.25, 0.3) is 0 Å². The molecular formula is C19H23NO3S. The molecule has 0 fully saturated rings. The Morgan fingerprint density at radius 2 is 2.12 bits per heavy atom. The predicted octanol–water partition coefficient (Wildman–Crippen LogP) is 4.69. The molecule has 0 spiro atoms. The Kier molecular flexibility index (Phi) is 6.15. The number of nitrogens with zero attached hydrogens (tertiary/aromatic N) is 1. The minimum Gasteiger partial charge on any atom is -0.497 e. The minimum atomic E-state index is -0.357. The third-order valence-electron chi connectivity index (χ3n) is 3.51. The normalized spacial score (nSPS) is 11.7. The van der Waals surface area contributed by atoms with Crippen LogP contribution in [0.5, 0.6) is 5.75 Å². The van der Waals surface area contributed by atoms with Gasteiger partial charge in [-0.2, -0.15) is 0 Å². The van der Waals surface area contributed by atoms with Gasteiger partial charge in [0.05, 0.1) is 25.0 Å². The maximum absolute atomic E-state index is 12.4. The van der Waals surface area contributed by atoms with Crippen LogP contribution in [0.1, 0.15) is 47.8 Å². The van der Waals surface area contributed by atoms with Gasteiger partial charge in [0, 0.05) is 4.88 Å². The summed E-state index contributed by atoms with van der Waals surface area (Å²) in [6.45, 7) is 8.36. The number of hydrogen-bond donors (Lipinski definition) is 0. The van der Waals surface area contributed by atoms with Gasteiger partial charge in [-0.15, -0.1) is 11.3 Å². The molecule has 1 aromatic carbocycles. The second kappa shape index (κ2) is 8.11. The lowest BCUT2D eigenvalue weighted by molar-refractivity contribution is -0.136. The van der Waals surface area contributed by atoms with Gasteiger partial charge in [-0.1, -0.05) is 26.0 Å². The molecule has 0 bridgehead atoms. The van der Waals surface area contributed by atoms with Gasteiger partial charge in [-0.25, -0.2) is 9.78 Å². The molecule has 0 amide bonds. The molecule has 0 aliphatic heterocycles. The fourth-order valence-corrected chi connectivity index (χ4v) is 3.45. The van der Waals surface area contributed by atoms with E-state index in [1.54, 1.807) is 14.0 Å². The summed E-state index contributed by atoms with van der Waals surface area (Å²) >= 11 is 1.52. The Morgan fingerprint density at radius 3 is 2.71 bits per heavy atom. The highest BCUT2D eigenvalue weighted by Crippen LogP contribution is 2.30. The lowest BCUT2D eigenvalue weighted by atomic mass is 10.1. The fourth-order valence-electron chi connectivity index (χ4n) is 2.37. The van der Waals surface area contributed by atoms with Gasteiger partial charge in [-0.3, -0.25) is 0 Å². The number of rotatable bonds is 6. The van der Waals surface area contributed by atoms with Crippen LogP contribution in [0, 0.1) is 6.92 Å². The summed E-state index contributed by atoms with van der Waals surface area (Å²) in [6.07, 6.45) is 1.81. The highest BCUT2D eigenvalue weighted by molar-refractivity contribution is 7.13. The summed E-state index contributed by atoms with van der Waals surface area (Å²) in [5, 5.41) is 0.692. The van der Waals surface area contributed by atoms with Crippen molar-refractivity contribution in [2.24, 2.45) is 0 Å². The third-order valence-corrected chi connectivity index (χ3v) is 4.53. The van der Waals surface area contributed by atoms with Crippen molar-refractivity contribution in [3.8, 4) is 5.75 Å². The number of hydrogen-bond acceptors (Lipinski definition) is 5. The summed E-state index contributed by atoms with van der Waals surface area (Å²) in [5.41, 5.74) is 2.37. The van der Waals surface area contributed by atoms with Crippen LogP contribution in [0.4, 0.5) is 0 Å². The van der Waals surface area contributed by atoms with Crippen LogP contribution in [0.25, 0.3) is 11.6 Å². The van der Waals surface area contributed by atoms with Crippen molar-refractivity contribution in [1.82, 2.24) is 4.98 Å². The topological polar surface area (TPSA) is 48.4 Å².